The molecule has 0 unspecified atom stereocenters. The van der Waals surface area contributed by atoms with Gasteiger partial charge in [-0.05, 0) is 205 Å². The maximum absolute atomic E-state index is 6.66. The van der Waals surface area contributed by atoms with Gasteiger partial charge in [0.15, 0.2) is 0 Å². The van der Waals surface area contributed by atoms with E-state index in [1.54, 1.807) is 0 Å². The van der Waals surface area contributed by atoms with E-state index in [0.29, 0.717) is 0 Å². The van der Waals surface area contributed by atoms with Crippen molar-refractivity contribution in [1.29, 1.82) is 0 Å². The quantitative estimate of drug-likeness (QED) is 0.114. The molecule has 24 aromatic rings. The highest BCUT2D eigenvalue weighted by atomic mass is 16.3. The molecule has 4 nitrogen and oxygen atoms in total. The molecular weight excluding hydrogens is 1530 g/mol. The second kappa shape index (κ2) is 29.2. The molecule has 0 fully saturated rings. The van der Waals surface area contributed by atoms with Crippen molar-refractivity contribution in [3.8, 4) is 44.5 Å². The summed E-state index contributed by atoms with van der Waals surface area (Å²) in [6.07, 6.45) is 0. The van der Waals surface area contributed by atoms with Crippen LogP contribution in [0.3, 0.4) is 0 Å². The zero-order valence-corrected chi connectivity index (χ0v) is 68.7. The van der Waals surface area contributed by atoms with Gasteiger partial charge in [0.05, 0.1) is 27.9 Å². The minimum absolute atomic E-state index is 0.534. The van der Waals surface area contributed by atoms with Crippen LogP contribution in [0.4, 0.5) is 34.1 Å². The summed E-state index contributed by atoms with van der Waals surface area (Å²) >= 11 is 0. The summed E-state index contributed by atoms with van der Waals surface area (Å²) < 4.78 is 13.3. The number of fused-ring (bicyclic) bond motifs is 22. The summed E-state index contributed by atoms with van der Waals surface area (Å²) in [5, 5.41) is 18.9. The van der Waals surface area contributed by atoms with Gasteiger partial charge in [-0.2, -0.15) is 0 Å². The maximum Gasteiger partial charge on any atom is 0.143 e. The molecule has 2 aliphatic rings. The fourth-order valence-electron chi connectivity index (χ4n) is 21.6. The standard InChI is InChI=1S/2C61H39NO/c1-3-17-44(18-4-1)61(45-19-5-2-6-20-45)54-26-13-11-25-52(54)59-55(61)27-15-28-56(59)62(57-39-53-50-23-12-14-29-58(50)63-60(53)51-24-10-9-22-49(51)57)46-35-32-40(33-36-46)42-34-37-48-43(38-42)31-30-41-16-7-8-21-47(41)48;1-3-18-42(19-4-1)61(43-20-5-2-6-21-43)56-29-15-13-25-49(56)50-36-35-45(38-57(50)61)62(58-39-55-52-27-14-16-30-59(52)63-60(55)53-28-12-11-26-51(53)58)44-33-31-40(32-34-44)54-37-41-17-7-8-22-46(41)47-23-9-10-24-48(47)54/h2*1-39H. The van der Waals surface area contributed by atoms with Crippen molar-refractivity contribution in [3.05, 3.63) is 518 Å². The van der Waals surface area contributed by atoms with E-state index in [9.17, 15) is 0 Å². The van der Waals surface area contributed by atoms with E-state index >= 15 is 0 Å². The lowest BCUT2D eigenvalue weighted by molar-refractivity contribution is 0.672. The van der Waals surface area contributed by atoms with Gasteiger partial charge in [-0.15, -0.1) is 0 Å². The average Bonchev–Trinajstić information content (AvgIpc) is 1.50. The average molecular weight is 1600 g/mol. The minimum Gasteiger partial charge on any atom is -0.455 e. The molecule has 2 aromatic heterocycles. The summed E-state index contributed by atoms with van der Waals surface area (Å²) in [4.78, 5) is 4.97. The summed E-state index contributed by atoms with van der Waals surface area (Å²) in [7, 11) is 0. The molecule has 22 aromatic carbocycles. The Morgan fingerprint density at radius 3 is 1.15 bits per heavy atom. The van der Waals surface area contributed by atoms with E-state index in [2.05, 4.69) is 483 Å². The molecule has 0 atom stereocenters. The van der Waals surface area contributed by atoms with Crippen molar-refractivity contribution in [2.24, 2.45) is 0 Å². The van der Waals surface area contributed by atoms with Gasteiger partial charge in [0.25, 0.3) is 0 Å². The highest BCUT2D eigenvalue weighted by Crippen LogP contribution is 2.62. The third kappa shape index (κ3) is 11.1. The number of anilines is 6. The molecule has 0 aliphatic heterocycles. The molecule has 0 radical (unpaired) electrons. The van der Waals surface area contributed by atoms with Gasteiger partial charge >= 0.3 is 0 Å². The van der Waals surface area contributed by atoms with Crippen LogP contribution in [0.5, 0.6) is 0 Å². The molecule has 0 saturated heterocycles. The Morgan fingerprint density at radius 2 is 0.563 bits per heavy atom. The van der Waals surface area contributed by atoms with Crippen LogP contribution in [-0.2, 0) is 10.8 Å². The molecule has 126 heavy (non-hydrogen) atoms. The van der Waals surface area contributed by atoms with Crippen molar-refractivity contribution < 1.29 is 8.83 Å². The van der Waals surface area contributed by atoms with Gasteiger partial charge in [0, 0.05) is 65.7 Å². The lowest BCUT2D eigenvalue weighted by Crippen LogP contribution is -2.28. The first-order valence-electron chi connectivity index (χ1n) is 43.5. The van der Waals surface area contributed by atoms with E-state index in [4.69, 9.17) is 8.83 Å². The van der Waals surface area contributed by atoms with Crippen molar-refractivity contribution in [2.45, 2.75) is 10.8 Å². The number of nitrogens with zero attached hydrogens (tertiary/aromatic N) is 2. The van der Waals surface area contributed by atoms with Crippen LogP contribution >= 0.6 is 0 Å². The predicted molar refractivity (Wildman–Crippen MR) is 527 cm³/mol. The number of hydrogen-bond acceptors (Lipinski definition) is 4. The van der Waals surface area contributed by atoms with Gasteiger partial charge in [-0.25, -0.2) is 0 Å². The Bertz CT molecular complexity index is 8380. The second-order valence-corrected chi connectivity index (χ2v) is 33.5. The molecule has 0 N–H and O–H groups in total. The molecule has 4 heteroatoms. The van der Waals surface area contributed by atoms with Crippen LogP contribution in [0, 0.1) is 0 Å². The lowest BCUT2D eigenvalue weighted by atomic mass is 9.67. The van der Waals surface area contributed by atoms with E-state index < -0.39 is 10.8 Å². The minimum atomic E-state index is -0.538. The molecule has 2 aliphatic carbocycles. The fraction of sp³-hybridized carbons (Fsp3) is 0.0164. The molecule has 0 bridgehead atoms. The van der Waals surface area contributed by atoms with Crippen LogP contribution in [-0.4, -0.2) is 0 Å². The van der Waals surface area contributed by atoms with E-state index in [0.717, 1.165) is 99.5 Å². The predicted octanol–water partition coefficient (Wildman–Crippen LogP) is 33.1. The number of furan rings is 2. The van der Waals surface area contributed by atoms with E-state index in [1.165, 1.54) is 132 Å². The van der Waals surface area contributed by atoms with Crippen LogP contribution in [0.1, 0.15) is 44.5 Å². The van der Waals surface area contributed by atoms with E-state index in [-0.39, 0.29) is 0 Å². The van der Waals surface area contributed by atoms with Crippen LogP contribution in [0.15, 0.2) is 482 Å². The maximum atomic E-state index is 6.66. The third-order valence-corrected chi connectivity index (χ3v) is 27.0. The Hall–Kier alpha value is -16.4. The molecular formula is C122H78N2O2. The third-order valence-electron chi connectivity index (χ3n) is 27.0. The number of hydrogen-bond donors (Lipinski definition) is 0. The molecule has 26 rings (SSSR count). The Labute approximate surface area is 729 Å². The Morgan fingerprint density at radius 1 is 0.175 bits per heavy atom. The summed E-state index contributed by atoms with van der Waals surface area (Å²) in [5.41, 5.74) is 28.9. The first-order chi connectivity index (χ1) is 62.5. The molecule has 588 valence electrons. The van der Waals surface area contributed by atoms with Crippen LogP contribution < -0.4 is 9.80 Å². The molecule has 0 spiro atoms. The van der Waals surface area contributed by atoms with E-state index in [1.807, 2.05) is 0 Å². The molecule has 0 saturated carbocycles. The highest BCUT2D eigenvalue weighted by molar-refractivity contribution is 6.22. The van der Waals surface area contributed by atoms with Crippen molar-refractivity contribution in [1.82, 2.24) is 0 Å². The zero-order valence-electron chi connectivity index (χ0n) is 68.7. The van der Waals surface area contributed by atoms with Crippen molar-refractivity contribution in [2.75, 3.05) is 9.80 Å². The Balaban J connectivity index is 0.000000137. The SMILES string of the molecule is c1ccc(C2(c3ccccc3)c3ccccc3-c3c(N(c4ccc(-c5ccc6c(ccc7ccccc76)c5)cc4)c4cc5c6ccccc6oc5c5ccccc45)cccc32)cc1.c1ccc(C2(c3ccccc3)c3ccccc3-c3ccc(N(c4ccc(-c5cc6ccccc6c6ccccc56)cc4)c4cc5c6ccccc6oc5c5ccccc45)cc32)cc1. The zero-order chi connectivity index (χ0) is 83.0. The van der Waals surface area contributed by atoms with Gasteiger partial charge in [0.2, 0.25) is 0 Å². The second-order valence-electron chi connectivity index (χ2n) is 33.5. The highest BCUT2D eigenvalue weighted by Gasteiger charge is 2.49. The van der Waals surface area contributed by atoms with Gasteiger partial charge in [-0.3, -0.25) is 0 Å². The number of para-hydroxylation sites is 2. The Kier molecular flexibility index (Phi) is 16.8. The summed E-state index contributed by atoms with van der Waals surface area (Å²) in [5.74, 6) is 0. The number of benzene rings is 22. The largest absolute Gasteiger partial charge is 0.455 e. The summed E-state index contributed by atoms with van der Waals surface area (Å²) in [6.45, 7) is 0. The van der Waals surface area contributed by atoms with Crippen molar-refractivity contribution in [3.63, 3.8) is 0 Å². The smallest absolute Gasteiger partial charge is 0.143 e. The molecule has 0 amide bonds. The first-order valence-corrected chi connectivity index (χ1v) is 43.5. The fourth-order valence-corrected chi connectivity index (χ4v) is 21.6. The van der Waals surface area contributed by atoms with Gasteiger partial charge in [-0.1, -0.05) is 394 Å². The first kappa shape index (κ1) is 72.4. The van der Waals surface area contributed by atoms with Crippen LogP contribution in [0.25, 0.3) is 153 Å². The van der Waals surface area contributed by atoms with Crippen molar-refractivity contribution >= 4 is 143 Å². The molecule has 2 heterocycles. The number of rotatable bonds is 12. The van der Waals surface area contributed by atoms with Crippen LogP contribution in [0.2, 0.25) is 0 Å². The van der Waals surface area contributed by atoms with Gasteiger partial charge in [0.1, 0.15) is 22.3 Å². The lowest BCUT2D eigenvalue weighted by Gasteiger charge is -2.35. The topological polar surface area (TPSA) is 32.8 Å². The monoisotopic (exact) mass is 1600 g/mol. The summed E-state index contributed by atoms with van der Waals surface area (Å²) in [6, 6.07) is 173. The van der Waals surface area contributed by atoms with Gasteiger partial charge < -0.3 is 18.6 Å². The normalized spacial score (nSPS) is 12.9.